The van der Waals surface area contributed by atoms with E-state index in [0.717, 1.165) is 37.0 Å². The maximum Gasteiger partial charge on any atom is 0.256 e. The van der Waals surface area contributed by atoms with Crippen LogP contribution in [-0.4, -0.2) is 54.9 Å². The molecule has 4 rings (SSSR count). The van der Waals surface area contributed by atoms with Crippen molar-refractivity contribution in [3.8, 4) is 5.75 Å². The van der Waals surface area contributed by atoms with Gasteiger partial charge >= 0.3 is 0 Å². The lowest BCUT2D eigenvalue weighted by Crippen LogP contribution is -2.55. The van der Waals surface area contributed by atoms with E-state index in [9.17, 15) is 14.0 Å². The van der Waals surface area contributed by atoms with E-state index in [1.807, 2.05) is 29.2 Å². The molecule has 2 fully saturated rings. The molecule has 158 valence electrons. The number of amides is 2. The minimum atomic E-state index is -0.522. The standard InChI is InChI=1S/C24H27FN2O3/c1-30-19-8-6-7-18(17-19)24(11-4-5-12-24)23(29)27-15-13-26(14-16-27)22(28)20-9-2-3-10-21(20)25/h2-3,6-10,17H,4-5,11-16H2,1H3. The van der Waals surface area contributed by atoms with Crippen molar-refractivity contribution < 1.29 is 18.7 Å². The summed E-state index contributed by atoms with van der Waals surface area (Å²) in [5.74, 6) is 0.0608. The first-order valence-corrected chi connectivity index (χ1v) is 10.5. The number of carbonyl (C=O) groups excluding carboxylic acids is 2. The molecule has 1 aliphatic heterocycles. The van der Waals surface area contributed by atoms with Crippen molar-refractivity contribution >= 4 is 11.8 Å². The highest BCUT2D eigenvalue weighted by atomic mass is 19.1. The molecule has 0 unspecified atom stereocenters. The summed E-state index contributed by atoms with van der Waals surface area (Å²) < 4.78 is 19.4. The second-order valence-electron chi connectivity index (χ2n) is 8.09. The Morgan fingerprint density at radius 3 is 2.27 bits per heavy atom. The molecule has 5 nitrogen and oxygen atoms in total. The van der Waals surface area contributed by atoms with Crippen LogP contribution in [0.2, 0.25) is 0 Å². The quantitative estimate of drug-likeness (QED) is 0.774. The van der Waals surface area contributed by atoms with Crippen LogP contribution in [0.25, 0.3) is 0 Å². The van der Waals surface area contributed by atoms with Crippen molar-refractivity contribution in [1.29, 1.82) is 0 Å². The van der Waals surface area contributed by atoms with E-state index >= 15 is 0 Å². The van der Waals surface area contributed by atoms with Gasteiger partial charge in [0, 0.05) is 26.2 Å². The Labute approximate surface area is 176 Å². The van der Waals surface area contributed by atoms with Gasteiger partial charge in [0.15, 0.2) is 0 Å². The van der Waals surface area contributed by atoms with Crippen LogP contribution in [0.3, 0.4) is 0 Å². The lowest BCUT2D eigenvalue weighted by atomic mass is 9.77. The van der Waals surface area contributed by atoms with Crippen molar-refractivity contribution in [2.45, 2.75) is 31.1 Å². The summed E-state index contributed by atoms with van der Waals surface area (Å²) >= 11 is 0. The van der Waals surface area contributed by atoms with Crippen LogP contribution >= 0.6 is 0 Å². The number of methoxy groups -OCH3 is 1. The first-order valence-electron chi connectivity index (χ1n) is 10.5. The molecule has 2 aromatic rings. The molecular weight excluding hydrogens is 383 g/mol. The topological polar surface area (TPSA) is 49.9 Å². The lowest BCUT2D eigenvalue weighted by molar-refractivity contribution is -0.138. The summed E-state index contributed by atoms with van der Waals surface area (Å²) in [4.78, 5) is 29.8. The highest BCUT2D eigenvalue weighted by Crippen LogP contribution is 2.43. The fourth-order valence-electron chi connectivity index (χ4n) is 4.75. The number of nitrogens with zero attached hydrogens (tertiary/aromatic N) is 2. The minimum Gasteiger partial charge on any atom is -0.497 e. The van der Waals surface area contributed by atoms with Gasteiger partial charge in [-0.1, -0.05) is 37.1 Å². The zero-order valence-corrected chi connectivity index (χ0v) is 17.3. The van der Waals surface area contributed by atoms with Crippen LogP contribution in [0.15, 0.2) is 48.5 Å². The van der Waals surface area contributed by atoms with E-state index in [4.69, 9.17) is 4.74 Å². The number of carbonyl (C=O) groups is 2. The number of halogens is 1. The second-order valence-corrected chi connectivity index (χ2v) is 8.09. The van der Waals surface area contributed by atoms with Gasteiger partial charge in [0.2, 0.25) is 5.91 Å². The molecule has 0 spiro atoms. The Morgan fingerprint density at radius 1 is 0.933 bits per heavy atom. The Hall–Kier alpha value is -2.89. The molecule has 1 saturated carbocycles. The molecule has 0 N–H and O–H groups in total. The fraction of sp³-hybridized carbons (Fsp3) is 0.417. The maximum absolute atomic E-state index is 14.0. The zero-order valence-electron chi connectivity index (χ0n) is 17.3. The van der Waals surface area contributed by atoms with Crippen molar-refractivity contribution in [1.82, 2.24) is 9.80 Å². The molecular formula is C24H27FN2O3. The summed E-state index contributed by atoms with van der Waals surface area (Å²) in [5.41, 5.74) is 0.571. The van der Waals surface area contributed by atoms with Gasteiger partial charge < -0.3 is 14.5 Å². The zero-order chi connectivity index (χ0) is 21.1. The van der Waals surface area contributed by atoms with E-state index in [2.05, 4.69) is 0 Å². The van der Waals surface area contributed by atoms with E-state index < -0.39 is 11.2 Å². The number of rotatable bonds is 4. The molecule has 2 aromatic carbocycles. The molecule has 2 amide bonds. The van der Waals surface area contributed by atoms with Crippen LogP contribution in [0.1, 0.15) is 41.6 Å². The van der Waals surface area contributed by atoms with E-state index in [0.29, 0.717) is 26.2 Å². The molecule has 1 heterocycles. The maximum atomic E-state index is 14.0. The van der Waals surface area contributed by atoms with Gasteiger partial charge in [-0.2, -0.15) is 0 Å². The van der Waals surface area contributed by atoms with Gasteiger partial charge in [0.25, 0.3) is 5.91 Å². The van der Waals surface area contributed by atoms with Gasteiger partial charge in [0.1, 0.15) is 11.6 Å². The average Bonchev–Trinajstić information content (AvgIpc) is 3.30. The summed E-state index contributed by atoms with van der Waals surface area (Å²) in [6, 6.07) is 13.9. The van der Waals surface area contributed by atoms with Crippen LogP contribution in [0, 0.1) is 5.82 Å². The highest BCUT2D eigenvalue weighted by molar-refractivity contribution is 5.95. The summed E-state index contributed by atoms with van der Waals surface area (Å²) in [6.07, 6.45) is 3.70. The molecule has 2 aliphatic rings. The van der Waals surface area contributed by atoms with Crippen molar-refractivity contribution in [2.75, 3.05) is 33.3 Å². The molecule has 1 aliphatic carbocycles. The van der Waals surface area contributed by atoms with Gasteiger partial charge in [-0.05, 0) is 42.7 Å². The average molecular weight is 410 g/mol. The van der Waals surface area contributed by atoms with Crippen molar-refractivity contribution in [2.24, 2.45) is 0 Å². The molecule has 1 saturated heterocycles. The summed E-state index contributed by atoms with van der Waals surface area (Å²) in [5, 5.41) is 0. The predicted octanol–water partition coefficient (Wildman–Crippen LogP) is 3.63. The lowest BCUT2D eigenvalue weighted by Gasteiger charge is -2.40. The van der Waals surface area contributed by atoms with Crippen molar-refractivity contribution in [3.05, 3.63) is 65.5 Å². The van der Waals surface area contributed by atoms with Gasteiger partial charge in [-0.25, -0.2) is 4.39 Å². The fourth-order valence-corrected chi connectivity index (χ4v) is 4.75. The monoisotopic (exact) mass is 410 g/mol. The Morgan fingerprint density at radius 2 is 1.60 bits per heavy atom. The van der Waals surface area contributed by atoms with Crippen LogP contribution in [-0.2, 0) is 10.2 Å². The third kappa shape index (κ3) is 3.66. The molecule has 6 heteroatoms. The number of hydrogen-bond donors (Lipinski definition) is 0. The molecule has 0 aromatic heterocycles. The van der Waals surface area contributed by atoms with Crippen LogP contribution < -0.4 is 4.74 Å². The van der Waals surface area contributed by atoms with Crippen LogP contribution in [0.5, 0.6) is 5.75 Å². The van der Waals surface area contributed by atoms with Gasteiger partial charge in [0.05, 0.1) is 18.1 Å². The van der Waals surface area contributed by atoms with Gasteiger partial charge in [-0.15, -0.1) is 0 Å². The normalized spacial score (nSPS) is 18.3. The summed E-state index contributed by atoms with van der Waals surface area (Å²) in [7, 11) is 1.63. The SMILES string of the molecule is COc1cccc(C2(C(=O)N3CCN(C(=O)c4ccccc4F)CC3)CCCC2)c1. The molecule has 0 bridgehead atoms. The number of ether oxygens (including phenoxy) is 1. The molecule has 0 radical (unpaired) electrons. The predicted molar refractivity (Wildman–Crippen MR) is 112 cm³/mol. The molecule has 0 atom stereocenters. The number of benzene rings is 2. The summed E-state index contributed by atoms with van der Waals surface area (Å²) in [6.45, 7) is 1.75. The van der Waals surface area contributed by atoms with E-state index in [1.165, 1.54) is 12.1 Å². The first-order chi connectivity index (χ1) is 14.5. The largest absolute Gasteiger partial charge is 0.497 e. The second kappa shape index (κ2) is 8.46. The third-order valence-electron chi connectivity index (χ3n) is 6.45. The van der Waals surface area contributed by atoms with E-state index in [1.54, 1.807) is 24.1 Å². The van der Waals surface area contributed by atoms with Gasteiger partial charge in [-0.3, -0.25) is 9.59 Å². The Bertz CT molecular complexity index is 932. The Kier molecular flexibility index (Phi) is 5.75. The minimum absolute atomic E-state index is 0.0842. The van der Waals surface area contributed by atoms with Crippen molar-refractivity contribution in [3.63, 3.8) is 0 Å². The first kappa shape index (κ1) is 20.4. The van der Waals surface area contributed by atoms with E-state index in [-0.39, 0.29) is 17.4 Å². The molecule has 30 heavy (non-hydrogen) atoms. The number of piperazine rings is 1. The Balaban J connectivity index is 1.49. The van der Waals surface area contributed by atoms with Crippen LogP contribution in [0.4, 0.5) is 4.39 Å². The highest BCUT2D eigenvalue weighted by Gasteiger charge is 2.45. The third-order valence-corrected chi connectivity index (χ3v) is 6.45. The number of hydrogen-bond acceptors (Lipinski definition) is 3. The smallest absolute Gasteiger partial charge is 0.256 e.